The first kappa shape index (κ1) is 17.6. The molecule has 0 radical (unpaired) electrons. The Labute approximate surface area is 156 Å². The fraction of sp³-hybridized carbons (Fsp3) is 0.235. The average molecular weight is 396 g/mol. The van der Waals surface area contributed by atoms with Crippen molar-refractivity contribution >= 4 is 28.8 Å². The summed E-state index contributed by atoms with van der Waals surface area (Å²) in [5.41, 5.74) is 1.04. The van der Waals surface area contributed by atoms with E-state index in [1.54, 1.807) is 12.1 Å². The molecule has 0 spiro atoms. The lowest BCUT2D eigenvalue weighted by Gasteiger charge is -2.38. The quantitative estimate of drug-likeness (QED) is 0.633. The molecular formula is C17H13ClF3N5O. The molecule has 1 aromatic carbocycles. The molecule has 140 valence electrons. The van der Waals surface area contributed by atoms with Crippen LogP contribution in [0.1, 0.15) is 21.6 Å². The van der Waals surface area contributed by atoms with Crippen LogP contribution < -0.4 is 5.01 Å². The molecule has 1 aliphatic rings. The van der Waals surface area contributed by atoms with E-state index in [-0.39, 0.29) is 18.1 Å². The molecule has 1 amide bonds. The van der Waals surface area contributed by atoms with Gasteiger partial charge in [-0.1, -0.05) is 11.6 Å². The van der Waals surface area contributed by atoms with Gasteiger partial charge in [-0.3, -0.25) is 9.80 Å². The molecule has 4 rings (SSSR count). The van der Waals surface area contributed by atoms with Gasteiger partial charge in [-0.05, 0) is 30.2 Å². The van der Waals surface area contributed by atoms with Gasteiger partial charge in [-0.25, -0.2) is 14.5 Å². The maximum absolute atomic E-state index is 12.9. The molecule has 0 unspecified atom stereocenters. The molecule has 3 heterocycles. The zero-order chi connectivity index (χ0) is 19.3. The monoisotopic (exact) mass is 395 g/mol. The fourth-order valence-electron chi connectivity index (χ4n) is 3.11. The van der Waals surface area contributed by atoms with Gasteiger partial charge in [0.05, 0.1) is 22.5 Å². The average Bonchev–Trinajstić information content (AvgIpc) is 3.03. The molecule has 2 aromatic heterocycles. The highest BCUT2D eigenvalue weighted by Gasteiger charge is 2.33. The summed E-state index contributed by atoms with van der Waals surface area (Å²) >= 11 is 5.87. The molecule has 3 aromatic rings. The minimum absolute atomic E-state index is 0.173. The van der Waals surface area contributed by atoms with Crippen molar-refractivity contribution in [1.29, 1.82) is 0 Å². The summed E-state index contributed by atoms with van der Waals surface area (Å²) in [6.07, 6.45) is -1.10. The Kier molecular flexibility index (Phi) is 3.99. The first-order chi connectivity index (χ1) is 12.7. The van der Waals surface area contributed by atoms with Gasteiger partial charge < -0.3 is 0 Å². The van der Waals surface area contributed by atoms with Crippen LogP contribution in [-0.2, 0) is 12.6 Å². The molecule has 0 bridgehead atoms. The number of benzene rings is 1. The SMILES string of the molecule is CN1c2ccc(C(F)(F)F)cc2CCN1C(=O)c1cc2ncc(Cl)cn2n1. The summed E-state index contributed by atoms with van der Waals surface area (Å²) < 4.78 is 40.1. The van der Waals surface area contributed by atoms with Crippen molar-refractivity contribution in [3.05, 3.63) is 58.5 Å². The molecule has 27 heavy (non-hydrogen) atoms. The third kappa shape index (κ3) is 3.08. The molecule has 0 fully saturated rings. The van der Waals surface area contributed by atoms with Gasteiger partial charge in [0, 0.05) is 25.9 Å². The zero-order valence-corrected chi connectivity index (χ0v) is 14.8. The molecule has 0 atom stereocenters. The Morgan fingerprint density at radius 1 is 1.26 bits per heavy atom. The van der Waals surface area contributed by atoms with Crippen LogP contribution in [0.15, 0.2) is 36.7 Å². The van der Waals surface area contributed by atoms with Crippen LogP contribution in [0.4, 0.5) is 18.9 Å². The first-order valence-corrected chi connectivity index (χ1v) is 8.38. The first-order valence-electron chi connectivity index (χ1n) is 8.00. The van der Waals surface area contributed by atoms with Crippen molar-refractivity contribution in [2.24, 2.45) is 0 Å². The van der Waals surface area contributed by atoms with E-state index in [4.69, 9.17) is 11.6 Å². The largest absolute Gasteiger partial charge is 0.416 e. The van der Waals surface area contributed by atoms with E-state index in [1.807, 2.05) is 0 Å². The maximum atomic E-state index is 12.9. The second-order valence-corrected chi connectivity index (χ2v) is 6.58. The summed E-state index contributed by atoms with van der Waals surface area (Å²) in [5.74, 6) is -0.371. The van der Waals surface area contributed by atoms with Gasteiger partial charge in [0.2, 0.25) is 0 Å². The van der Waals surface area contributed by atoms with Crippen molar-refractivity contribution in [2.45, 2.75) is 12.6 Å². The number of aromatic nitrogens is 3. The number of carbonyl (C=O) groups is 1. The number of rotatable bonds is 1. The van der Waals surface area contributed by atoms with Crippen LogP contribution in [0, 0.1) is 0 Å². The Morgan fingerprint density at radius 3 is 2.78 bits per heavy atom. The normalized spacial score (nSPS) is 14.6. The number of fused-ring (bicyclic) bond motifs is 2. The van der Waals surface area contributed by atoms with Gasteiger partial charge in [-0.15, -0.1) is 0 Å². The summed E-state index contributed by atoms with van der Waals surface area (Å²) in [6, 6.07) is 5.06. The van der Waals surface area contributed by atoms with E-state index in [0.717, 1.165) is 12.1 Å². The molecule has 0 saturated heterocycles. The number of nitrogens with zero attached hydrogens (tertiary/aromatic N) is 5. The second-order valence-electron chi connectivity index (χ2n) is 6.15. The predicted molar refractivity (Wildman–Crippen MR) is 92.6 cm³/mol. The number of amides is 1. The Hall–Kier alpha value is -2.81. The van der Waals surface area contributed by atoms with Gasteiger partial charge in [0.15, 0.2) is 11.3 Å². The third-order valence-corrected chi connectivity index (χ3v) is 4.64. The lowest BCUT2D eigenvalue weighted by atomic mass is 10.0. The molecule has 1 aliphatic heterocycles. The number of anilines is 1. The van der Waals surface area contributed by atoms with Crippen LogP contribution in [0.3, 0.4) is 0 Å². The van der Waals surface area contributed by atoms with E-state index in [2.05, 4.69) is 10.1 Å². The van der Waals surface area contributed by atoms with Gasteiger partial charge in [0.25, 0.3) is 5.91 Å². The Morgan fingerprint density at radius 2 is 2.04 bits per heavy atom. The minimum atomic E-state index is -4.40. The number of halogens is 4. The van der Waals surface area contributed by atoms with Crippen LogP contribution in [0.2, 0.25) is 5.02 Å². The number of hydrazine groups is 1. The number of carbonyl (C=O) groups excluding carboxylic acids is 1. The highest BCUT2D eigenvalue weighted by atomic mass is 35.5. The number of hydrogen-bond donors (Lipinski definition) is 0. The summed E-state index contributed by atoms with van der Waals surface area (Å²) in [7, 11) is 1.63. The lowest BCUT2D eigenvalue weighted by molar-refractivity contribution is -0.137. The van der Waals surface area contributed by atoms with Crippen LogP contribution in [0.25, 0.3) is 5.65 Å². The van der Waals surface area contributed by atoms with Crippen molar-refractivity contribution in [3.63, 3.8) is 0 Å². The van der Waals surface area contributed by atoms with E-state index in [0.29, 0.717) is 28.3 Å². The minimum Gasteiger partial charge on any atom is -0.285 e. The van der Waals surface area contributed by atoms with E-state index < -0.39 is 11.7 Å². The van der Waals surface area contributed by atoms with Gasteiger partial charge in [0.1, 0.15) is 0 Å². The molecule has 0 saturated carbocycles. The van der Waals surface area contributed by atoms with Crippen molar-refractivity contribution < 1.29 is 18.0 Å². The Balaban J connectivity index is 1.64. The second kappa shape index (κ2) is 6.12. The smallest absolute Gasteiger partial charge is 0.285 e. The predicted octanol–water partition coefficient (Wildman–Crippen LogP) is 3.45. The fourth-order valence-corrected chi connectivity index (χ4v) is 3.25. The van der Waals surface area contributed by atoms with E-state index in [9.17, 15) is 18.0 Å². The molecular weight excluding hydrogens is 383 g/mol. The van der Waals surface area contributed by atoms with Gasteiger partial charge >= 0.3 is 6.18 Å². The van der Waals surface area contributed by atoms with Crippen molar-refractivity contribution in [1.82, 2.24) is 19.6 Å². The molecule has 6 nitrogen and oxygen atoms in total. The zero-order valence-electron chi connectivity index (χ0n) is 14.0. The van der Waals surface area contributed by atoms with Crippen LogP contribution >= 0.6 is 11.6 Å². The van der Waals surface area contributed by atoms with E-state index >= 15 is 0 Å². The van der Waals surface area contributed by atoms with E-state index in [1.165, 1.54) is 34.1 Å². The molecule has 0 aliphatic carbocycles. The number of alkyl halides is 3. The third-order valence-electron chi connectivity index (χ3n) is 4.45. The lowest BCUT2D eigenvalue weighted by Crippen LogP contribution is -2.48. The van der Waals surface area contributed by atoms with Crippen molar-refractivity contribution in [2.75, 3.05) is 18.6 Å². The highest BCUT2D eigenvalue weighted by Crippen LogP contribution is 2.35. The Bertz CT molecular complexity index is 1050. The highest BCUT2D eigenvalue weighted by molar-refractivity contribution is 6.30. The molecule has 10 heteroatoms. The van der Waals surface area contributed by atoms with Gasteiger partial charge in [-0.2, -0.15) is 18.3 Å². The van der Waals surface area contributed by atoms with Crippen LogP contribution in [-0.4, -0.2) is 39.1 Å². The topological polar surface area (TPSA) is 53.7 Å². The summed E-state index contributed by atoms with van der Waals surface area (Å²) in [4.78, 5) is 17.0. The number of hydrogen-bond acceptors (Lipinski definition) is 4. The molecule has 0 N–H and O–H groups in total. The standard InChI is InChI=1S/C17H13ClF3N5O/c1-24-14-3-2-11(17(19,20)21)6-10(14)4-5-26(24)16(27)13-7-15-22-8-12(18)9-25(15)23-13/h2-3,6-9H,4-5H2,1H3. The van der Waals surface area contributed by atoms with Crippen LogP contribution in [0.5, 0.6) is 0 Å². The summed E-state index contributed by atoms with van der Waals surface area (Å²) in [6.45, 7) is 0.242. The maximum Gasteiger partial charge on any atom is 0.416 e. The van der Waals surface area contributed by atoms with Crippen molar-refractivity contribution in [3.8, 4) is 0 Å². The summed E-state index contributed by atoms with van der Waals surface area (Å²) in [5, 5.41) is 7.56.